The summed E-state index contributed by atoms with van der Waals surface area (Å²) in [5.41, 5.74) is 2.26. The molecule has 0 spiro atoms. The zero-order valence-electron chi connectivity index (χ0n) is 10.4. The van der Waals surface area contributed by atoms with Gasteiger partial charge in [-0.3, -0.25) is 0 Å². The minimum absolute atomic E-state index is 0.533. The van der Waals surface area contributed by atoms with Gasteiger partial charge < -0.3 is 5.32 Å². The number of hydrogen-bond donors (Lipinski definition) is 1. The lowest BCUT2D eigenvalue weighted by Gasteiger charge is -2.16. The highest BCUT2D eigenvalue weighted by atomic mass is 32.1. The van der Waals surface area contributed by atoms with Gasteiger partial charge in [0.05, 0.1) is 15.9 Å². The van der Waals surface area contributed by atoms with Crippen molar-refractivity contribution in [3.63, 3.8) is 0 Å². The molecule has 1 N–H and O–H groups in total. The van der Waals surface area contributed by atoms with Crippen LogP contribution in [0.4, 0.5) is 0 Å². The topological polar surface area (TPSA) is 37.8 Å². The summed E-state index contributed by atoms with van der Waals surface area (Å²) < 4.78 is 1.24. The van der Waals surface area contributed by atoms with Crippen LogP contribution in [0.5, 0.6) is 0 Å². The average Bonchev–Trinajstić information content (AvgIpc) is 2.79. The van der Waals surface area contributed by atoms with E-state index in [1.54, 1.807) is 17.7 Å². The van der Waals surface area contributed by atoms with E-state index >= 15 is 0 Å². The van der Waals surface area contributed by atoms with Crippen LogP contribution in [-0.4, -0.2) is 22.6 Å². The van der Waals surface area contributed by atoms with E-state index in [1.165, 1.54) is 23.2 Å². The van der Waals surface area contributed by atoms with Crippen molar-refractivity contribution >= 4 is 21.6 Å². The molecule has 2 aromatic rings. The zero-order chi connectivity index (χ0) is 12.1. The van der Waals surface area contributed by atoms with Gasteiger partial charge in [0.2, 0.25) is 0 Å². The van der Waals surface area contributed by atoms with Gasteiger partial charge in [0.1, 0.15) is 6.33 Å². The molecule has 0 radical (unpaired) electrons. The lowest BCUT2D eigenvalue weighted by atomic mass is 10.1. The van der Waals surface area contributed by atoms with Crippen molar-refractivity contribution in [3.8, 4) is 0 Å². The quantitative estimate of drug-likeness (QED) is 0.855. The monoisotopic (exact) mass is 249 g/mol. The van der Waals surface area contributed by atoms with Crippen LogP contribution in [0.25, 0.3) is 10.2 Å². The molecule has 92 valence electrons. The Morgan fingerprint density at radius 2 is 2.24 bits per heavy atom. The molecule has 0 aromatic carbocycles. The van der Waals surface area contributed by atoms with Crippen LogP contribution in [0.1, 0.15) is 32.4 Å². The lowest BCUT2D eigenvalue weighted by Crippen LogP contribution is -2.31. The third kappa shape index (κ3) is 3.01. The number of aromatic nitrogens is 2. The maximum absolute atomic E-state index is 4.44. The molecule has 2 aromatic heterocycles. The van der Waals surface area contributed by atoms with Crippen LogP contribution in [0.15, 0.2) is 17.8 Å². The molecule has 0 amide bonds. The normalized spacial score (nSPS) is 13.1. The molecule has 0 aliphatic carbocycles. The molecule has 0 bridgehead atoms. The minimum atomic E-state index is 0.533. The largest absolute Gasteiger partial charge is 0.314 e. The highest BCUT2D eigenvalue weighted by Crippen LogP contribution is 2.22. The molecule has 0 aliphatic rings. The third-order valence-electron chi connectivity index (χ3n) is 2.89. The number of rotatable bonds is 6. The number of hydrogen-bond acceptors (Lipinski definition) is 4. The standard InChI is InChI=1S/C13H19N3S/c1-3-5-10(14-4-2)8-12-13-11(6-7-17-13)15-9-16-12/h6-7,9-10,14H,3-5,8H2,1-2H3. The van der Waals surface area contributed by atoms with Crippen LogP contribution >= 0.6 is 11.3 Å². The fourth-order valence-electron chi connectivity index (χ4n) is 2.13. The van der Waals surface area contributed by atoms with Crippen molar-refractivity contribution in [2.45, 2.75) is 39.2 Å². The van der Waals surface area contributed by atoms with Gasteiger partial charge in [-0.05, 0) is 24.4 Å². The third-order valence-corrected chi connectivity index (χ3v) is 3.84. The average molecular weight is 249 g/mol. The number of nitrogens with one attached hydrogen (secondary N) is 1. The fraction of sp³-hybridized carbons (Fsp3) is 0.538. The van der Waals surface area contributed by atoms with E-state index in [2.05, 4.69) is 40.6 Å². The van der Waals surface area contributed by atoms with Gasteiger partial charge in [0, 0.05) is 12.5 Å². The Hall–Kier alpha value is -1.00. The van der Waals surface area contributed by atoms with Gasteiger partial charge in [0.15, 0.2) is 0 Å². The molecule has 0 saturated heterocycles. The first kappa shape index (κ1) is 12.5. The van der Waals surface area contributed by atoms with Gasteiger partial charge in [-0.1, -0.05) is 20.3 Å². The molecule has 0 fully saturated rings. The highest BCUT2D eigenvalue weighted by molar-refractivity contribution is 7.17. The van der Waals surface area contributed by atoms with E-state index in [-0.39, 0.29) is 0 Å². The second-order valence-corrected chi connectivity index (χ2v) is 5.12. The second-order valence-electron chi connectivity index (χ2n) is 4.20. The Labute approximate surface area is 106 Å². The Morgan fingerprint density at radius 1 is 1.35 bits per heavy atom. The van der Waals surface area contributed by atoms with Crippen molar-refractivity contribution in [2.75, 3.05) is 6.54 Å². The molecule has 1 unspecified atom stereocenters. The molecule has 4 heteroatoms. The summed E-state index contributed by atoms with van der Waals surface area (Å²) in [5, 5.41) is 5.62. The van der Waals surface area contributed by atoms with Crippen LogP contribution in [0.3, 0.4) is 0 Å². The summed E-state index contributed by atoms with van der Waals surface area (Å²) in [5.74, 6) is 0. The van der Waals surface area contributed by atoms with E-state index in [0.29, 0.717) is 6.04 Å². The van der Waals surface area contributed by atoms with Gasteiger partial charge in [0.25, 0.3) is 0 Å². The van der Waals surface area contributed by atoms with Gasteiger partial charge in [-0.2, -0.15) is 0 Å². The van der Waals surface area contributed by atoms with Gasteiger partial charge in [-0.15, -0.1) is 11.3 Å². The van der Waals surface area contributed by atoms with Gasteiger partial charge >= 0.3 is 0 Å². The highest BCUT2D eigenvalue weighted by Gasteiger charge is 2.11. The van der Waals surface area contributed by atoms with E-state index < -0.39 is 0 Å². The number of fused-ring (bicyclic) bond motifs is 1. The number of likely N-dealkylation sites (N-methyl/N-ethyl adjacent to an activating group) is 1. The van der Waals surface area contributed by atoms with Crippen molar-refractivity contribution in [3.05, 3.63) is 23.5 Å². The molecule has 3 nitrogen and oxygen atoms in total. The predicted molar refractivity (Wildman–Crippen MR) is 73.5 cm³/mol. The fourth-order valence-corrected chi connectivity index (χ4v) is 2.98. The Balaban J connectivity index is 2.18. The molecule has 1 atom stereocenters. The van der Waals surface area contributed by atoms with E-state index in [1.807, 2.05) is 0 Å². The summed E-state index contributed by atoms with van der Waals surface area (Å²) in [6.45, 7) is 5.40. The first-order chi connectivity index (χ1) is 8.35. The zero-order valence-corrected chi connectivity index (χ0v) is 11.3. The summed E-state index contributed by atoms with van der Waals surface area (Å²) in [6.07, 6.45) is 5.08. The van der Waals surface area contributed by atoms with Crippen molar-refractivity contribution in [2.24, 2.45) is 0 Å². The first-order valence-corrected chi connectivity index (χ1v) is 7.13. The van der Waals surface area contributed by atoms with Crippen LogP contribution in [-0.2, 0) is 6.42 Å². The van der Waals surface area contributed by atoms with E-state index in [4.69, 9.17) is 0 Å². The molecule has 2 rings (SSSR count). The van der Waals surface area contributed by atoms with Crippen molar-refractivity contribution in [1.29, 1.82) is 0 Å². The maximum Gasteiger partial charge on any atom is 0.116 e. The summed E-state index contributed by atoms with van der Waals surface area (Å²) >= 11 is 1.74. The van der Waals surface area contributed by atoms with Gasteiger partial charge in [-0.25, -0.2) is 9.97 Å². The summed E-state index contributed by atoms with van der Waals surface area (Å²) in [4.78, 5) is 8.72. The summed E-state index contributed by atoms with van der Waals surface area (Å²) in [7, 11) is 0. The Bertz CT molecular complexity index is 460. The second kappa shape index (κ2) is 6.07. The molecule has 17 heavy (non-hydrogen) atoms. The minimum Gasteiger partial charge on any atom is -0.314 e. The van der Waals surface area contributed by atoms with E-state index in [9.17, 15) is 0 Å². The van der Waals surface area contributed by atoms with Crippen molar-refractivity contribution < 1.29 is 0 Å². The lowest BCUT2D eigenvalue weighted by molar-refractivity contribution is 0.483. The molecule has 2 heterocycles. The summed E-state index contributed by atoms with van der Waals surface area (Å²) in [6, 6.07) is 2.60. The molecule has 0 saturated carbocycles. The predicted octanol–water partition coefficient (Wildman–Crippen LogP) is 3.01. The number of thiophene rings is 1. The molecule has 0 aliphatic heterocycles. The SMILES string of the molecule is CCCC(Cc1ncnc2ccsc12)NCC. The Morgan fingerprint density at radius 3 is 3.00 bits per heavy atom. The molecular weight excluding hydrogens is 230 g/mol. The van der Waals surface area contributed by atoms with Crippen molar-refractivity contribution in [1.82, 2.24) is 15.3 Å². The first-order valence-electron chi connectivity index (χ1n) is 6.25. The van der Waals surface area contributed by atoms with E-state index in [0.717, 1.165) is 18.5 Å². The van der Waals surface area contributed by atoms with Crippen LogP contribution in [0.2, 0.25) is 0 Å². The van der Waals surface area contributed by atoms with Crippen LogP contribution < -0.4 is 5.32 Å². The maximum atomic E-state index is 4.44. The molecular formula is C13H19N3S. The number of nitrogens with zero attached hydrogens (tertiary/aromatic N) is 2. The Kier molecular flexibility index (Phi) is 4.45. The smallest absolute Gasteiger partial charge is 0.116 e. The van der Waals surface area contributed by atoms with Crippen LogP contribution in [0, 0.1) is 0 Å².